The number of nitrogens with zero attached hydrogens (tertiary/aromatic N) is 1. The van der Waals surface area contributed by atoms with Crippen molar-refractivity contribution >= 4 is 10.0 Å². The first-order chi connectivity index (χ1) is 8.63. The van der Waals surface area contributed by atoms with Gasteiger partial charge in [-0.1, -0.05) is 0 Å². The highest BCUT2D eigenvalue weighted by Crippen LogP contribution is 2.14. The van der Waals surface area contributed by atoms with Crippen molar-refractivity contribution in [2.45, 2.75) is 36.9 Å². The molecule has 8 heteroatoms. The molecule has 18 heavy (non-hydrogen) atoms. The Bertz CT molecular complexity index is 479. The Morgan fingerprint density at radius 3 is 3.06 bits per heavy atom. The fourth-order valence-electron chi connectivity index (χ4n) is 1.92. The fourth-order valence-corrected chi connectivity index (χ4v) is 3.12. The lowest BCUT2D eigenvalue weighted by Gasteiger charge is -2.22. The number of hydrogen-bond acceptors (Lipinski definition) is 5. The topological polar surface area (TPSA) is 110 Å². The second-order valence-corrected chi connectivity index (χ2v) is 5.97. The lowest BCUT2D eigenvalue weighted by Crippen LogP contribution is -2.36. The number of ether oxygens (including phenoxy) is 1. The predicted octanol–water partition coefficient (Wildman–Crippen LogP) is -0.284. The lowest BCUT2D eigenvalue weighted by molar-refractivity contribution is 0.0200. The van der Waals surface area contributed by atoms with Gasteiger partial charge in [0.15, 0.2) is 5.03 Å². The van der Waals surface area contributed by atoms with Crippen molar-refractivity contribution in [1.29, 1.82) is 0 Å². The zero-order valence-corrected chi connectivity index (χ0v) is 10.9. The number of sulfonamides is 1. The first kappa shape index (κ1) is 13.5. The van der Waals surface area contributed by atoms with Gasteiger partial charge in [0.05, 0.1) is 12.3 Å². The SMILES string of the molecule is NCc1cn[nH]c1S(=O)(=O)NCC1CCCCO1. The second-order valence-electron chi connectivity index (χ2n) is 4.27. The van der Waals surface area contributed by atoms with E-state index in [9.17, 15) is 8.42 Å². The largest absolute Gasteiger partial charge is 0.377 e. The van der Waals surface area contributed by atoms with Crippen molar-refractivity contribution in [1.82, 2.24) is 14.9 Å². The van der Waals surface area contributed by atoms with Crippen LogP contribution < -0.4 is 10.5 Å². The number of aromatic amines is 1. The summed E-state index contributed by atoms with van der Waals surface area (Å²) in [5.74, 6) is 0. The van der Waals surface area contributed by atoms with Crippen molar-refractivity contribution in [2.24, 2.45) is 5.73 Å². The van der Waals surface area contributed by atoms with E-state index >= 15 is 0 Å². The summed E-state index contributed by atoms with van der Waals surface area (Å²) in [4.78, 5) is 0. The van der Waals surface area contributed by atoms with Crippen LogP contribution in [0.2, 0.25) is 0 Å². The van der Waals surface area contributed by atoms with Crippen LogP contribution in [0.4, 0.5) is 0 Å². The predicted molar refractivity (Wildman–Crippen MR) is 65.3 cm³/mol. The third-order valence-corrected chi connectivity index (χ3v) is 4.38. The minimum atomic E-state index is -3.59. The van der Waals surface area contributed by atoms with Crippen LogP contribution in [0.3, 0.4) is 0 Å². The van der Waals surface area contributed by atoms with Gasteiger partial charge in [-0.05, 0) is 19.3 Å². The van der Waals surface area contributed by atoms with Crippen LogP contribution in [0.15, 0.2) is 11.2 Å². The molecule has 7 nitrogen and oxygen atoms in total. The maximum Gasteiger partial charge on any atom is 0.257 e. The van der Waals surface area contributed by atoms with Gasteiger partial charge in [0, 0.05) is 25.3 Å². The molecule has 0 aromatic carbocycles. The van der Waals surface area contributed by atoms with E-state index in [0.717, 1.165) is 19.3 Å². The Labute approximate surface area is 106 Å². The average molecular weight is 274 g/mol. The van der Waals surface area contributed by atoms with Crippen LogP contribution >= 0.6 is 0 Å². The van der Waals surface area contributed by atoms with Crippen LogP contribution in [-0.2, 0) is 21.3 Å². The van der Waals surface area contributed by atoms with E-state index < -0.39 is 10.0 Å². The molecular formula is C10H18N4O3S. The normalized spacial score (nSPS) is 21.1. The minimum absolute atomic E-state index is 0.0424. The highest BCUT2D eigenvalue weighted by Gasteiger charge is 2.22. The third kappa shape index (κ3) is 3.08. The zero-order chi connectivity index (χ0) is 13.0. The molecule has 2 rings (SSSR count). The summed E-state index contributed by atoms with van der Waals surface area (Å²) in [7, 11) is -3.59. The number of hydrogen-bond donors (Lipinski definition) is 3. The van der Waals surface area contributed by atoms with E-state index in [0.29, 0.717) is 12.2 Å². The monoisotopic (exact) mass is 274 g/mol. The zero-order valence-electron chi connectivity index (χ0n) is 10.1. The highest BCUT2D eigenvalue weighted by molar-refractivity contribution is 7.89. The van der Waals surface area contributed by atoms with Crippen molar-refractivity contribution in [3.8, 4) is 0 Å². The second kappa shape index (κ2) is 5.79. The minimum Gasteiger partial charge on any atom is -0.377 e. The number of aromatic nitrogens is 2. The number of nitrogens with two attached hydrogens (primary N) is 1. The van der Waals surface area contributed by atoms with Gasteiger partial charge in [0.25, 0.3) is 10.0 Å². The van der Waals surface area contributed by atoms with Gasteiger partial charge >= 0.3 is 0 Å². The molecule has 1 atom stereocenters. The van der Waals surface area contributed by atoms with Crippen molar-refractivity contribution in [3.05, 3.63) is 11.8 Å². The molecule has 1 aliphatic heterocycles. The summed E-state index contributed by atoms with van der Waals surface area (Å²) in [5.41, 5.74) is 5.93. The van der Waals surface area contributed by atoms with Gasteiger partial charge in [-0.2, -0.15) is 5.10 Å². The smallest absolute Gasteiger partial charge is 0.257 e. The van der Waals surface area contributed by atoms with E-state index in [4.69, 9.17) is 10.5 Å². The van der Waals surface area contributed by atoms with Crippen LogP contribution in [0, 0.1) is 0 Å². The molecule has 0 saturated carbocycles. The van der Waals surface area contributed by atoms with Crippen LogP contribution in [-0.4, -0.2) is 37.9 Å². The van der Waals surface area contributed by atoms with E-state index in [1.807, 2.05) is 0 Å². The summed E-state index contributed by atoms with van der Waals surface area (Å²) in [6.07, 6.45) is 4.38. The molecule has 0 bridgehead atoms. The van der Waals surface area contributed by atoms with Crippen LogP contribution in [0.1, 0.15) is 24.8 Å². The molecule has 0 aliphatic carbocycles. The Kier molecular flexibility index (Phi) is 4.33. The maximum absolute atomic E-state index is 12.0. The molecule has 1 aromatic rings. The summed E-state index contributed by atoms with van der Waals surface area (Å²) < 4.78 is 32.0. The molecule has 1 fully saturated rings. The van der Waals surface area contributed by atoms with E-state index in [-0.39, 0.29) is 24.2 Å². The molecule has 2 heterocycles. The summed E-state index contributed by atoms with van der Waals surface area (Å²) in [5, 5.41) is 6.20. The van der Waals surface area contributed by atoms with Gasteiger partial charge in [-0.25, -0.2) is 13.1 Å². The molecule has 1 saturated heterocycles. The van der Waals surface area contributed by atoms with Gasteiger partial charge in [0.1, 0.15) is 0 Å². The molecule has 0 amide bonds. The van der Waals surface area contributed by atoms with Gasteiger partial charge in [-0.3, -0.25) is 5.10 Å². The van der Waals surface area contributed by atoms with E-state index in [2.05, 4.69) is 14.9 Å². The Hall–Kier alpha value is -0.960. The molecule has 4 N–H and O–H groups in total. The number of rotatable bonds is 5. The number of H-pyrrole nitrogens is 1. The third-order valence-electron chi connectivity index (χ3n) is 2.94. The first-order valence-corrected chi connectivity index (χ1v) is 7.45. The molecule has 102 valence electrons. The molecular weight excluding hydrogens is 256 g/mol. The van der Waals surface area contributed by atoms with Gasteiger partial charge in [0.2, 0.25) is 0 Å². The van der Waals surface area contributed by atoms with E-state index in [1.165, 1.54) is 6.20 Å². The molecule has 1 aromatic heterocycles. The molecule has 0 radical (unpaired) electrons. The fraction of sp³-hybridized carbons (Fsp3) is 0.700. The maximum atomic E-state index is 12.0. The van der Waals surface area contributed by atoms with Crippen LogP contribution in [0.25, 0.3) is 0 Å². The molecule has 0 spiro atoms. The Morgan fingerprint density at radius 1 is 1.56 bits per heavy atom. The quantitative estimate of drug-likeness (QED) is 0.683. The van der Waals surface area contributed by atoms with Gasteiger partial charge < -0.3 is 10.5 Å². The van der Waals surface area contributed by atoms with Crippen LogP contribution in [0.5, 0.6) is 0 Å². The summed E-state index contributed by atoms with van der Waals surface area (Å²) in [6, 6.07) is 0. The Morgan fingerprint density at radius 2 is 2.39 bits per heavy atom. The molecule has 1 aliphatic rings. The standard InChI is InChI=1S/C10H18N4O3S/c11-5-8-6-12-14-10(8)18(15,16)13-7-9-3-1-2-4-17-9/h6,9,13H,1-5,7,11H2,(H,12,14). The van der Waals surface area contributed by atoms with Crippen molar-refractivity contribution < 1.29 is 13.2 Å². The Balaban J connectivity index is 1.99. The molecule has 1 unspecified atom stereocenters. The lowest BCUT2D eigenvalue weighted by atomic mass is 10.1. The summed E-state index contributed by atoms with van der Waals surface area (Å²) in [6.45, 7) is 1.11. The number of nitrogens with one attached hydrogen (secondary N) is 2. The summed E-state index contributed by atoms with van der Waals surface area (Å²) >= 11 is 0. The average Bonchev–Trinajstić information content (AvgIpc) is 2.87. The first-order valence-electron chi connectivity index (χ1n) is 5.97. The van der Waals surface area contributed by atoms with Crippen molar-refractivity contribution in [3.63, 3.8) is 0 Å². The highest BCUT2D eigenvalue weighted by atomic mass is 32.2. The van der Waals surface area contributed by atoms with E-state index in [1.54, 1.807) is 0 Å². The van der Waals surface area contributed by atoms with Gasteiger partial charge in [-0.15, -0.1) is 0 Å². The van der Waals surface area contributed by atoms with Crippen molar-refractivity contribution in [2.75, 3.05) is 13.2 Å².